The summed E-state index contributed by atoms with van der Waals surface area (Å²) in [6, 6.07) is 9.35. The molecule has 1 aliphatic rings. The second-order valence-corrected chi connectivity index (χ2v) is 6.68. The third-order valence-electron chi connectivity index (χ3n) is 4.73. The molecule has 0 saturated carbocycles. The van der Waals surface area contributed by atoms with Gasteiger partial charge in [-0.3, -0.25) is 9.78 Å². The maximum absolute atomic E-state index is 12.7. The number of aliphatic hydroxyl groups excluding tert-OH is 1. The van der Waals surface area contributed by atoms with Crippen LogP contribution in [0.1, 0.15) is 35.8 Å². The van der Waals surface area contributed by atoms with E-state index >= 15 is 0 Å². The number of aromatic amines is 1. The lowest BCUT2D eigenvalue weighted by Crippen LogP contribution is -2.37. The van der Waals surface area contributed by atoms with Crippen LogP contribution in [-0.4, -0.2) is 47.3 Å². The second kappa shape index (κ2) is 9.36. The van der Waals surface area contributed by atoms with Crippen LogP contribution in [-0.2, 0) is 11.3 Å². The van der Waals surface area contributed by atoms with E-state index in [9.17, 15) is 14.7 Å². The monoisotopic (exact) mass is 387 g/mol. The van der Waals surface area contributed by atoms with Gasteiger partial charge in [0.1, 0.15) is 6.61 Å². The number of ether oxygens (including phenoxy) is 2. The summed E-state index contributed by atoms with van der Waals surface area (Å²) in [7, 11) is 0. The lowest BCUT2D eigenvalue weighted by Gasteiger charge is -2.31. The summed E-state index contributed by atoms with van der Waals surface area (Å²) in [5, 5.41) is 9.29. The number of benzene rings is 1. The smallest absolute Gasteiger partial charge is 0.361 e. The van der Waals surface area contributed by atoms with E-state index in [1.165, 1.54) is 0 Å². The first kappa shape index (κ1) is 19.9. The molecular weight excluding hydrogens is 362 g/mol. The largest absolute Gasteiger partial charge is 0.481 e. The third-order valence-corrected chi connectivity index (χ3v) is 4.73. The van der Waals surface area contributed by atoms with Gasteiger partial charge in [0.2, 0.25) is 11.7 Å². The molecular formula is C20H25N3O5. The Kier molecular flexibility index (Phi) is 6.65. The number of aromatic nitrogens is 2. The average Bonchev–Trinajstić information content (AvgIpc) is 2.73. The second-order valence-electron chi connectivity index (χ2n) is 6.68. The fourth-order valence-corrected chi connectivity index (χ4v) is 3.13. The highest BCUT2D eigenvalue weighted by Gasteiger charge is 2.25. The van der Waals surface area contributed by atoms with E-state index in [0.29, 0.717) is 19.0 Å². The number of piperidine rings is 1. The lowest BCUT2D eigenvalue weighted by molar-refractivity contribution is 0.0513. The molecule has 150 valence electrons. The van der Waals surface area contributed by atoms with Gasteiger partial charge in [0, 0.05) is 19.7 Å². The van der Waals surface area contributed by atoms with Gasteiger partial charge in [0.05, 0.1) is 6.61 Å². The van der Waals surface area contributed by atoms with Crippen molar-refractivity contribution < 1.29 is 19.4 Å². The fraction of sp³-hybridized carbons (Fsp3) is 0.450. The van der Waals surface area contributed by atoms with Gasteiger partial charge < -0.3 is 19.5 Å². The Balaban J connectivity index is 1.86. The molecule has 0 unspecified atom stereocenters. The molecule has 2 heterocycles. The zero-order chi connectivity index (χ0) is 19.9. The van der Waals surface area contributed by atoms with Gasteiger partial charge in [-0.15, -0.1) is 0 Å². The van der Waals surface area contributed by atoms with Crippen molar-refractivity contribution in [2.24, 2.45) is 5.92 Å². The molecule has 1 fully saturated rings. The van der Waals surface area contributed by atoms with Gasteiger partial charge in [-0.25, -0.2) is 9.78 Å². The maximum atomic E-state index is 12.7. The number of esters is 1. The Morgan fingerprint density at radius 2 is 2.00 bits per heavy atom. The van der Waals surface area contributed by atoms with Crippen LogP contribution in [0.4, 0.5) is 5.95 Å². The number of carbonyl (C=O) groups excluding carboxylic acids is 1. The van der Waals surface area contributed by atoms with Crippen molar-refractivity contribution in [1.29, 1.82) is 0 Å². The maximum Gasteiger partial charge on any atom is 0.361 e. The van der Waals surface area contributed by atoms with E-state index in [1.54, 1.807) is 6.92 Å². The van der Waals surface area contributed by atoms with E-state index in [0.717, 1.165) is 18.4 Å². The molecule has 1 aliphatic heterocycles. The van der Waals surface area contributed by atoms with Gasteiger partial charge in [-0.05, 0) is 31.2 Å². The molecule has 1 saturated heterocycles. The molecule has 2 N–H and O–H groups in total. The van der Waals surface area contributed by atoms with E-state index in [1.807, 2.05) is 35.2 Å². The first-order valence-corrected chi connectivity index (χ1v) is 9.46. The van der Waals surface area contributed by atoms with Crippen molar-refractivity contribution in [2.45, 2.75) is 26.4 Å². The first-order chi connectivity index (χ1) is 13.6. The average molecular weight is 387 g/mol. The van der Waals surface area contributed by atoms with Gasteiger partial charge in [-0.1, -0.05) is 30.3 Å². The zero-order valence-electron chi connectivity index (χ0n) is 15.9. The Labute approximate surface area is 163 Å². The number of H-pyrrole nitrogens is 1. The number of rotatable bonds is 7. The topological polar surface area (TPSA) is 105 Å². The molecule has 3 rings (SSSR count). The minimum absolute atomic E-state index is 0.124. The van der Waals surface area contributed by atoms with Crippen LogP contribution in [0.25, 0.3) is 0 Å². The van der Waals surface area contributed by atoms with Crippen LogP contribution in [0.15, 0.2) is 35.1 Å². The lowest BCUT2D eigenvalue weighted by atomic mass is 9.98. The Bertz CT molecular complexity index is 845. The predicted molar refractivity (Wildman–Crippen MR) is 104 cm³/mol. The number of nitrogens with one attached hydrogen (secondary N) is 1. The summed E-state index contributed by atoms with van der Waals surface area (Å²) < 4.78 is 10.7. The van der Waals surface area contributed by atoms with Crippen LogP contribution in [0.2, 0.25) is 0 Å². The number of carbonyl (C=O) groups is 1. The summed E-state index contributed by atoms with van der Waals surface area (Å²) in [4.78, 5) is 34.0. The van der Waals surface area contributed by atoms with Crippen molar-refractivity contribution in [2.75, 3.05) is 31.2 Å². The number of hydrogen-bond donors (Lipinski definition) is 2. The van der Waals surface area contributed by atoms with E-state index in [2.05, 4.69) is 9.97 Å². The molecule has 28 heavy (non-hydrogen) atoms. The summed E-state index contributed by atoms with van der Waals surface area (Å²) in [6.07, 6.45) is 1.59. The molecule has 8 heteroatoms. The first-order valence-electron chi connectivity index (χ1n) is 9.46. The number of aliphatic hydroxyl groups is 1. The van der Waals surface area contributed by atoms with Crippen molar-refractivity contribution >= 4 is 11.9 Å². The molecule has 1 aromatic carbocycles. The van der Waals surface area contributed by atoms with Gasteiger partial charge in [0.15, 0.2) is 5.69 Å². The number of nitrogens with zero attached hydrogens (tertiary/aromatic N) is 2. The number of hydrogen-bond acceptors (Lipinski definition) is 7. The molecule has 8 nitrogen and oxygen atoms in total. The van der Waals surface area contributed by atoms with Crippen molar-refractivity contribution in [3.63, 3.8) is 0 Å². The van der Waals surface area contributed by atoms with Gasteiger partial charge in [-0.2, -0.15) is 0 Å². The van der Waals surface area contributed by atoms with Crippen LogP contribution in [0.3, 0.4) is 0 Å². The minimum Gasteiger partial charge on any atom is -0.481 e. The zero-order valence-corrected chi connectivity index (χ0v) is 15.9. The number of anilines is 1. The predicted octanol–water partition coefficient (Wildman–Crippen LogP) is 1.73. The summed E-state index contributed by atoms with van der Waals surface area (Å²) in [5.74, 6) is -0.267. The van der Waals surface area contributed by atoms with E-state index in [-0.39, 0.29) is 37.2 Å². The Morgan fingerprint density at radius 1 is 1.29 bits per heavy atom. The third kappa shape index (κ3) is 4.69. The fourth-order valence-electron chi connectivity index (χ4n) is 3.13. The quantitative estimate of drug-likeness (QED) is 0.697. The van der Waals surface area contributed by atoms with E-state index < -0.39 is 11.5 Å². The molecule has 0 radical (unpaired) electrons. The van der Waals surface area contributed by atoms with Crippen LogP contribution in [0, 0.1) is 5.92 Å². The molecule has 0 bridgehead atoms. The van der Waals surface area contributed by atoms with Crippen molar-refractivity contribution in [3.05, 3.63) is 51.9 Å². The molecule has 0 amide bonds. The summed E-state index contributed by atoms with van der Waals surface area (Å²) in [6.45, 7) is 3.43. The van der Waals surface area contributed by atoms with Crippen molar-refractivity contribution in [3.8, 4) is 5.75 Å². The van der Waals surface area contributed by atoms with Crippen LogP contribution in [0.5, 0.6) is 5.75 Å². The summed E-state index contributed by atoms with van der Waals surface area (Å²) >= 11 is 0. The van der Waals surface area contributed by atoms with Crippen LogP contribution < -0.4 is 15.2 Å². The van der Waals surface area contributed by atoms with Gasteiger partial charge in [0.25, 0.3) is 5.56 Å². The van der Waals surface area contributed by atoms with Gasteiger partial charge >= 0.3 is 5.97 Å². The molecule has 0 atom stereocenters. The highest BCUT2D eigenvalue weighted by atomic mass is 16.5. The normalized spacial score (nSPS) is 14.7. The SMILES string of the molecule is CCOC(=O)c1nc(N2CCC(CO)CC2)[nH]c(=O)c1OCc1ccccc1. The molecule has 0 aliphatic carbocycles. The highest BCUT2D eigenvalue weighted by molar-refractivity contribution is 5.90. The molecule has 0 spiro atoms. The van der Waals surface area contributed by atoms with Crippen LogP contribution >= 0.6 is 0 Å². The minimum atomic E-state index is -0.692. The van der Waals surface area contributed by atoms with Crippen molar-refractivity contribution in [1.82, 2.24) is 9.97 Å². The Morgan fingerprint density at radius 3 is 2.64 bits per heavy atom. The molecule has 1 aromatic heterocycles. The standard InChI is InChI=1S/C20H25N3O5/c1-2-27-19(26)16-17(28-13-15-6-4-3-5-7-15)18(25)22-20(21-16)23-10-8-14(12-24)9-11-23/h3-7,14,24H,2,8-13H2,1H3,(H,21,22,25). The molecule has 2 aromatic rings. The van der Waals surface area contributed by atoms with E-state index in [4.69, 9.17) is 9.47 Å². The highest BCUT2D eigenvalue weighted by Crippen LogP contribution is 2.22. The Hall–Kier alpha value is -2.87. The summed E-state index contributed by atoms with van der Waals surface area (Å²) in [5.41, 5.74) is 0.223.